The molecule has 0 unspecified atom stereocenters. The number of pyridine rings is 1. The fourth-order valence-electron chi connectivity index (χ4n) is 1.11. The van der Waals surface area contributed by atoms with Crippen LogP contribution in [0.25, 0.3) is 0 Å². The molecule has 1 heterocycles. The average Bonchev–Trinajstić information content (AvgIpc) is 2.17. The Kier molecular flexibility index (Phi) is 3.96. The van der Waals surface area contributed by atoms with Crippen LogP contribution in [0.4, 0.5) is 8.78 Å². The number of nitrogens with zero attached hydrogens (tertiary/aromatic N) is 1. The minimum Gasteiger partial charge on any atom is -0.481 e. The molecule has 0 amide bonds. The largest absolute Gasteiger partial charge is 0.481 e. The molecule has 1 aromatic heterocycles. The van der Waals surface area contributed by atoms with Gasteiger partial charge in [0.1, 0.15) is 5.69 Å². The molecule has 82 valence electrons. The molecular formula is C9H8ClF2NO2. The fourth-order valence-corrected chi connectivity index (χ4v) is 1.36. The normalized spacial score (nSPS) is 10.7. The standard InChI is InChI=1S/C9H8ClF2NO2/c10-3-5-1-7(9(11)12)13-4-6(5)2-8(14)15/h1,4,9H,2-3H2,(H,14,15). The Bertz CT molecular complexity index is 371. The first-order chi connectivity index (χ1) is 7.04. The highest BCUT2D eigenvalue weighted by atomic mass is 35.5. The number of aromatic nitrogens is 1. The van der Waals surface area contributed by atoms with Crippen molar-refractivity contribution in [2.24, 2.45) is 0 Å². The molecule has 15 heavy (non-hydrogen) atoms. The van der Waals surface area contributed by atoms with Gasteiger partial charge in [-0.1, -0.05) is 0 Å². The lowest BCUT2D eigenvalue weighted by Crippen LogP contribution is -2.05. The third kappa shape index (κ3) is 3.13. The van der Waals surface area contributed by atoms with Crippen LogP contribution in [0.5, 0.6) is 0 Å². The Morgan fingerprint density at radius 3 is 2.67 bits per heavy atom. The topological polar surface area (TPSA) is 50.2 Å². The Morgan fingerprint density at radius 2 is 2.20 bits per heavy atom. The maximum absolute atomic E-state index is 12.3. The summed E-state index contributed by atoms with van der Waals surface area (Å²) in [6.07, 6.45) is -1.81. The maximum Gasteiger partial charge on any atom is 0.307 e. The van der Waals surface area contributed by atoms with E-state index < -0.39 is 12.4 Å². The Balaban J connectivity index is 3.03. The molecule has 0 radical (unpaired) electrons. The number of aliphatic carboxylic acids is 1. The zero-order valence-corrected chi connectivity index (χ0v) is 8.34. The average molecular weight is 236 g/mol. The molecule has 3 nitrogen and oxygen atoms in total. The van der Waals surface area contributed by atoms with E-state index in [1.54, 1.807) is 0 Å². The summed E-state index contributed by atoms with van der Waals surface area (Å²) in [6, 6.07) is 1.13. The van der Waals surface area contributed by atoms with Crippen LogP contribution in [-0.2, 0) is 17.1 Å². The van der Waals surface area contributed by atoms with Crippen LogP contribution in [0, 0.1) is 0 Å². The molecule has 0 fully saturated rings. The smallest absolute Gasteiger partial charge is 0.307 e. The van der Waals surface area contributed by atoms with Gasteiger partial charge in [0.05, 0.1) is 6.42 Å². The third-order valence-corrected chi connectivity index (χ3v) is 2.10. The molecule has 0 saturated heterocycles. The quantitative estimate of drug-likeness (QED) is 0.816. The second-order valence-electron chi connectivity index (χ2n) is 2.88. The first-order valence-corrected chi connectivity index (χ1v) is 4.61. The lowest BCUT2D eigenvalue weighted by atomic mass is 10.1. The van der Waals surface area contributed by atoms with Gasteiger partial charge in [-0.2, -0.15) is 0 Å². The predicted molar refractivity (Wildman–Crippen MR) is 50.1 cm³/mol. The number of hydrogen-bond donors (Lipinski definition) is 1. The second-order valence-corrected chi connectivity index (χ2v) is 3.15. The Hall–Kier alpha value is -1.23. The van der Waals surface area contributed by atoms with Gasteiger partial charge in [0.25, 0.3) is 6.43 Å². The highest BCUT2D eigenvalue weighted by molar-refractivity contribution is 6.17. The molecule has 1 rings (SSSR count). The van der Waals surface area contributed by atoms with E-state index in [4.69, 9.17) is 16.7 Å². The minimum absolute atomic E-state index is 0.00907. The number of rotatable bonds is 4. The highest BCUT2D eigenvalue weighted by Crippen LogP contribution is 2.20. The van der Waals surface area contributed by atoms with E-state index in [0.29, 0.717) is 11.1 Å². The fraction of sp³-hybridized carbons (Fsp3) is 0.333. The van der Waals surface area contributed by atoms with Crippen molar-refractivity contribution in [3.8, 4) is 0 Å². The van der Waals surface area contributed by atoms with Crippen LogP contribution >= 0.6 is 11.6 Å². The van der Waals surface area contributed by atoms with Crippen molar-refractivity contribution in [2.75, 3.05) is 0 Å². The van der Waals surface area contributed by atoms with Crippen molar-refractivity contribution in [2.45, 2.75) is 18.7 Å². The summed E-state index contributed by atoms with van der Waals surface area (Å²) in [5, 5.41) is 8.55. The molecule has 0 bridgehead atoms. The van der Waals surface area contributed by atoms with E-state index in [1.807, 2.05) is 0 Å². The van der Waals surface area contributed by atoms with Gasteiger partial charge in [-0.25, -0.2) is 8.78 Å². The minimum atomic E-state index is -2.68. The molecule has 0 atom stereocenters. The molecule has 0 aliphatic carbocycles. The summed E-state index contributed by atoms with van der Waals surface area (Å²) < 4.78 is 24.5. The van der Waals surface area contributed by atoms with Crippen molar-refractivity contribution in [1.82, 2.24) is 4.98 Å². The van der Waals surface area contributed by atoms with Gasteiger partial charge in [-0.15, -0.1) is 11.6 Å². The number of carbonyl (C=O) groups is 1. The van der Waals surface area contributed by atoms with E-state index in [2.05, 4.69) is 4.98 Å². The predicted octanol–water partition coefficient (Wildman–Crippen LogP) is 2.39. The van der Waals surface area contributed by atoms with Crippen LogP contribution in [0.1, 0.15) is 23.2 Å². The number of carboxylic acids is 1. The molecule has 0 aliphatic rings. The summed E-state index contributed by atoms with van der Waals surface area (Å²) in [6.45, 7) is 0. The van der Waals surface area contributed by atoms with Gasteiger partial charge in [-0.05, 0) is 17.2 Å². The van der Waals surface area contributed by atoms with Crippen LogP contribution in [0.3, 0.4) is 0 Å². The molecule has 0 saturated carbocycles. The molecular weight excluding hydrogens is 228 g/mol. The molecule has 6 heteroatoms. The van der Waals surface area contributed by atoms with Gasteiger partial charge in [0, 0.05) is 12.1 Å². The lowest BCUT2D eigenvalue weighted by molar-refractivity contribution is -0.136. The van der Waals surface area contributed by atoms with Crippen molar-refractivity contribution in [3.05, 3.63) is 29.1 Å². The van der Waals surface area contributed by atoms with E-state index in [1.165, 1.54) is 0 Å². The van der Waals surface area contributed by atoms with E-state index in [-0.39, 0.29) is 18.0 Å². The molecule has 1 aromatic rings. The summed E-state index contributed by atoms with van der Waals surface area (Å²) in [5.41, 5.74) is 0.353. The highest BCUT2D eigenvalue weighted by Gasteiger charge is 2.13. The Morgan fingerprint density at radius 1 is 1.53 bits per heavy atom. The monoisotopic (exact) mass is 235 g/mol. The summed E-state index contributed by atoms with van der Waals surface area (Å²) in [4.78, 5) is 13.9. The molecule has 1 N–H and O–H groups in total. The molecule has 0 aliphatic heterocycles. The summed E-state index contributed by atoms with van der Waals surface area (Å²) in [5.74, 6) is -1.06. The number of carboxylic acid groups (broad SMARTS) is 1. The zero-order chi connectivity index (χ0) is 11.4. The van der Waals surface area contributed by atoms with Crippen LogP contribution in [0.15, 0.2) is 12.3 Å². The van der Waals surface area contributed by atoms with E-state index >= 15 is 0 Å². The van der Waals surface area contributed by atoms with Gasteiger partial charge in [0.15, 0.2) is 0 Å². The van der Waals surface area contributed by atoms with E-state index in [0.717, 1.165) is 12.3 Å². The van der Waals surface area contributed by atoms with Crippen molar-refractivity contribution < 1.29 is 18.7 Å². The SMILES string of the molecule is O=C(O)Cc1cnc(C(F)F)cc1CCl. The van der Waals surface area contributed by atoms with Crippen LogP contribution in [0.2, 0.25) is 0 Å². The summed E-state index contributed by atoms with van der Waals surface area (Å²) >= 11 is 5.53. The van der Waals surface area contributed by atoms with Gasteiger partial charge >= 0.3 is 5.97 Å². The zero-order valence-electron chi connectivity index (χ0n) is 7.58. The first kappa shape index (κ1) is 11.8. The maximum atomic E-state index is 12.3. The van der Waals surface area contributed by atoms with E-state index in [9.17, 15) is 13.6 Å². The van der Waals surface area contributed by atoms with Gasteiger partial charge < -0.3 is 5.11 Å². The van der Waals surface area contributed by atoms with Crippen LogP contribution in [-0.4, -0.2) is 16.1 Å². The second kappa shape index (κ2) is 5.02. The van der Waals surface area contributed by atoms with Crippen molar-refractivity contribution in [1.29, 1.82) is 0 Å². The first-order valence-electron chi connectivity index (χ1n) is 4.08. The van der Waals surface area contributed by atoms with Crippen LogP contribution < -0.4 is 0 Å². The van der Waals surface area contributed by atoms with Gasteiger partial charge in [0.2, 0.25) is 0 Å². The van der Waals surface area contributed by atoms with Crippen molar-refractivity contribution in [3.63, 3.8) is 0 Å². The summed E-state index contributed by atoms with van der Waals surface area (Å²) in [7, 11) is 0. The van der Waals surface area contributed by atoms with Gasteiger partial charge in [-0.3, -0.25) is 9.78 Å². The van der Waals surface area contributed by atoms with Crippen molar-refractivity contribution >= 4 is 17.6 Å². The lowest BCUT2D eigenvalue weighted by Gasteiger charge is -2.06. The Labute approximate surface area is 89.7 Å². The number of hydrogen-bond acceptors (Lipinski definition) is 2. The number of halogens is 3. The number of alkyl halides is 3. The molecule has 0 aromatic carbocycles. The third-order valence-electron chi connectivity index (χ3n) is 1.81. The molecule has 0 spiro atoms.